The van der Waals surface area contributed by atoms with Gasteiger partial charge in [-0.05, 0) is 253 Å². The number of benzene rings is 22. The molecule has 4 nitrogen and oxygen atoms in total. The Morgan fingerprint density at radius 3 is 1.03 bits per heavy atom. The van der Waals surface area contributed by atoms with Crippen LogP contribution in [0.2, 0.25) is 0 Å². The van der Waals surface area contributed by atoms with Crippen LogP contribution in [-0.2, 0) is 0 Å². The molecule has 0 bridgehead atoms. The molecule has 4 heterocycles. The maximum absolute atomic E-state index is 7.21. The second-order valence-corrected chi connectivity index (χ2v) is 30.3. The van der Waals surface area contributed by atoms with Crippen molar-refractivity contribution < 1.29 is 17.7 Å². The van der Waals surface area contributed by atoms with Crippen molar-refractivity contribution in [3.63, 3.8) is 0 Å². The zero-order valence-corrected chi connectivity index (χ0v) is 59.0. The summed E-state index contributed by atoms with van der Waals surface area (Å²) < 4.78 is 27.4. The van der Waals surface area contributed by atoms with E-state index in [-0.39, 0.29) is 0 Å². The molecule has 0 amide bonds. The summed E-state index contributed by atoms with van der Waals surface area (Å²) in [5.74, 6) is 0. The minimum absolute atomic E-state index is 0.843. The normalized spacial score (nSPS) is 12.5. The molecule has 504 valence electrons. The van der Waals surface area contributed by atoms with Gasteiger partial charge in [0.15, 0.2) is 0 Å². The van der Waals surface area contributed by atoms with Crippen LogP contribution in [0.5, 0.6) is 0 Å². The second kappa shape index (κ2) is 21.6. The molecule has 0 saturated carbocycles. The fourth-order valence-corrected chi connectivity index (χ4v) is 19.7. The maximum Gasteiger partial charge on any atom is 0.143 e. The average molecular weight is 1390 g/mol. The third-order valence-corrected chi connectivity index (χ3v) is 24.7. The summed E-state index contributed by atoms with van der Waals surface area (Å²) in [6.07, 6.45) is 0. The Morgan fingerprint density at radius 2 is 0.436 bits per heavy atom. The van der Waals surface area contributed by atoms with Crippen molar-refractivity contribution in [2.75, 3.05) is 0 Å². The van der Waals surface area contributed by atoms with Gasteiger partial charge < -0.3 is 17.7 Å². The third-order valence-electron chi connectivity index (χ3n) is 24.7. The van der Waals surface area contributed by atoms with Crippen LogP contribution in [-0.4, -0.2) is 0 Å². The van der Waals surface area contributed by atoms with Crippen LogP contribution in [0, 0.1) is 0 Å². The zero-order valence-electron chi connectivity index (χ0n) is 59.0. The molecule has 0 atom stereocenters. The Hall–Kier alpha value is -14.6. The monoisotopic (exact) mass is 1390 g/mol. The van der Waals surface area contributed by atoms with Crippen LogP contribution in [0.1, 0.15) is 0 Å². The lowest BCUT2D eigenvalue weighted by atomic mass is 9.83. The van der Waals surface area contributed by atoms with Gasteiger partial charge in [-0.15, -0.1) is 0 Å². The summed E-state index contributed by atoms with van der Waals surface area (Å²) in [4.78, 5) is 0. The van der Waals surface area contributed by atoms with E-state index < -0.39 is 0 Å². The van der Waals surface area contributed by atoms with Gasteiger partial charge in [-0.2, -0.15) is 0 Å². The van der Waals surface area contributed by atoms with Gasteiger partial charge in [0.05, 0.1) is 0 Å². The molecule has 0 fully saturated rings. The summed E-state index contributed by atoms with van der Waals surface area (Å²) in [6, 6.07) is 126. The van der Waals surface area contributed by atoms with E-state index in [9.17, 15) is 0 Å². The topological polar surface area (TPSA) is 52.6 Å². The SMILES string of the molecule is c1ccc2c(-c3cc(-c4cccc5c4oc4ccccc45)c4ccc5ccc(-c6cccc7c6oc6ccc(-c8cc(-c9ccc%10oc%11ccc(-c%12ccc%13oc%14ccc(-c%15ccc%16ccc%17cccc%18ccc%15c%16c%17%18)cc%14c%13c%12)cc%11c%10c9)c9ccc%10cccc%11ccc8c9c%10%11)cc67)c6ccc3c4c56)cccc2c1. The number of rotatable bonds is 7. The van der Waals surface area contributed by atoms with Gasteiger partial charge in [-0.3, -0.25) is 0 Å². The molecular weight excluding hydrogens is 1340 g/mol. The fraction of sp³-hybridized carbons (Fsp3) is 0. The summed E-state index contributed by atoms with van der Waals surface area (Å²) in [5, 5.41) is 33.4. The highest BCUT2D eigenvalue weighted by Crippen LogP contribution is 2.53. The molecule has 22 aromatic carbocycles. The van der Waals surface area contributed by atoms with E-state index >= 15 is 0 Å². The molecule has 0 spiro atoms. The minimum Gasteiger partial charge on any atom is -0.456 e. The van der Waals surface area contributed by atoms with E-state index in [1.54, 1.807) is 0 Å². The van der Waals surface area contributed by atoms with Crippen molar-refractivity contribution >= 4 is 195 Å². The molecule has 0 unspecified atom stereocenters. The third kappa shape index (κ3) is 8.07. The number of furan rings is 4. The predicted octanol–water partition coefficient (Wildman–Crippen LogP) is 30.8. The Kier molecular flexibility index (Phi) is 11.5. The Morgan fingerprint density at radius 1 is 0.127 bits per heavy atom. The maximum atomic E-state index is 7.21. The van der Waals surface area contributed by atoms with E-state index in [1.807, 2.05) is 0 Å². The van der Waals surface area contributed by atoms with Gasteiger partial charge in [0.2, 0.25) is 0 Å². The second-order valence-electron chi connectivity index (χ2n) is 30.3. The van der Waals surface area contributed by atoms with E-state index in [4.69, 9.17) is 17.7 Å². The molecule has 0 saturated heterocycles. The lowest BCUT2D eigenvalue weighted by molar-refractivity contribution is 0.668. The molecule has 4 aromatic heterocycles. The van der Waals surface area contributed by atoms with E-state index in [0.29, 0.717) is 0 Å². The fourth-order valence-electron chi connectivity index (χ4n) is 19.7. The number of hydrogen-bond donors (Lipinski definition) is 0. The Bertz CT molecular complexity index is 8510. The van der Waals surface area contributed by atoms with E-state index in [2.05, 4.69) is 340 Å². The molecule has 0 N–H and O–H groups in total. The summed E-state index contributed by atoms with van der Waals surface area (Å²) in [6.45, 7) is 0. The highest BCUT2D eigenvalue weighted by atomic mass is 16.3. The summed E-state index contributed by atoms with van der Waals surface area (Å²) in [7, 11) is 0. The number of para-hydroxylation sites is 3. The Balaban J connectivity index is 0.610. The lowest BCUT2D eigenvalue weighted by Crippen LogP contribution is -1.93. The van der Waals surface area contributed by atoms with Crippen LogP contribution < -0.4 is 0 Å². The molecule has 0 aliphatic heterocycles. The van der Waals surface area contributed by atoms with Gasteiger partial charge in [-0.1, -0.05) is 261 Å². The number of hydrogen-bond acceptors (Lipinski definition) is 4. The van der Waals surface area contributed by atoms with Crippen molar-refractivity contribution in [2.45, 2.75) is 0 Å². The van der Waals surface area contributed by atoms with Crippen LogP contribution >= 0.6 is 0 Å². The highest BCUT2D eigenvalue weighted by Gasteiger charge is 2.26. The molecular formula is C106H56O4. The first-order valence-electron chi connectivity index (χ1n) is 37.9. The van der Waals surface area contributed by atoms with E-state index in [0.717, 1.165) is 143 Å². The first-order valence-corrected chi connectivity index (χ1v) is 37.9. The van der Waals surface area contributed by atoms with Crippen LogP contribution in [0.15, 0.2) is 357 Å². The number of fused-ring (bicyclic) bond motifs is 13. The Labute approximate surface area is 626 Å². The summed E-state index contributed by atoms with van der Waals surface area (Å²) in [5.41, 5.74) is 22.9. The van der Waals surface area contributed by atoms with Crippen molar-refractivity contribution in [1.82, 2.24) is 0 Å². The van der Waals surface area contributed by atoms with Crippen molar-refractivity contribution in [2.24, 2.45) is 0 Å². The van der Waals surface area contributed by atoms with Crippen molar-refractivity contribution in [3.05, 3.63) is 340 Å². The van der Waals surface area contributed by atoms with Gasteiger partial charge in [0, 0.05) is 54.2 Å². The van der Waals surface area contributed by atoms with Gasteiger partial charge >= 0.3 is 0 Å². The summed E-state index contributed by atoms with van der Waals surface area (Å²) >= 11 is 0. The van der Waals surface area contributed by atoms with Crippen LogP contribution in [0.4, 0.5) is 0 Å². The predicted molar refractivity (Wildman–Crippen MR) is 462 cm³/mol. The molecule has 26 rings (SSSR count). The van der Waals surface area contributed by atoms with Gasteiger partial charge in [0.1, 0.15) is 44.7 Å². The van der Waals surface area contributed by atoms with E-state index in [1.165, 1.54) is 130 Å². The minimum atomic E-state index is 0.843. The first-order chi connectivity index (χ1) is 54.5. The molecule has 110 heavy (non-hydrogen) atoms. The smallest absolute Gasteiger partial charge is 0.143 e. The molecule has 0 aliphatic rings. The molecule has 0 aliphatic carbocycles. The van der Waals surface area contributed by atoms with Crippen molar-refractivity contribution in [3.8, 4) is 77.9 Å². The highest BCUT2D eigenvalue weighted by molar-refractivity contribution is 6.34. The molecule has 0 radical (unpaired) electrons. The van der Waals surface area contributed by atoms with Crippen LogP contribution in [0.25, 0.3) is 273 Å². The molecule has 26 aromatic rings. The zero-order chi connectivity index (χ0) is 71.3. The lowest BCUT2D eigenvalue weighted by Gasteiger charge is -2.20. The quantitative estimate of drug-likeness (QED) is 0.149. The van der Waals surface area contributed by atoms with Crippen LogP contribution in [0.3, 0.4) is 0 Å². The van der Waals surface area contributed by atoms with Gasteiger partial charge in [-0.25, -0.2) is 0 Å². The first kappa shape index (κ1) is 58.7. The van der Waals surface area contributed by atoms with Crippen molar-refractivity contribution in [1.29, 1.82) is 0 Å². The average Bonchev–Trinajstić information content (AvgIpc) is 1.10. The standard InChI is InChI=1S/C106H56O4/c1-2-16-69-57(10-1)11-7-18-71(69)86-56-87(82-21-9-20-81-73-17-3-4-23-93(73)109-106(81)82)78-42-31-63-27-38-72(75-43-44-79(86)104(78)102(63)75)80-19-8-22-83-88-53-67(36-49-98(88)110-105(80)83)84-55-85(77-41-30-61-15-6-14-60-29-40-76(84)103(77)100(60)61)68-35-48-97-92(54-68)90-51-65(33-46-95(90)108-97)64-32-45-94-89(50-64)91-52-66(34-47-96(91)107-94)70-37-26-62-25-24-58-12-5-13-59-28-39-74(70)101(62)99(58)59/h1-56H. The largest absolute Gasteiger partial charge is 0.456 e. The molecule has 4 heteroatoms. The van der Waals surface area contributed by atoms with Gasteiger partial charge in [0.25, 0.3) is 0 Å².